The number of carbonyl (C=O) groups is 1. The van der Waals surface area contributed by atoms with Crippen LogP contribution in [0.5, 0.6) is 5.75 Å². The predicted molar refractivity (Wildman–Crippen MR) is 115 cm³/mol. The molecular weight excluding hydrogens is 410 g/mol. The third-order valence-electron chi connectivity index (χ3n) is 4.36. The zero-order chi connectivity index (χ0) is 21.0. The molecule has 0 spiro atoms. The Hall–Kier alpha value is -2.49. The molecule has 0 atom stereocenters. The highest BCUT2D eigenvalue weighted by molar-refractivity contribution is 7.89. The zero-order valence-electron chi connectivity index (χ0n) is 16.5. The Balaban J connectivity index is 1.80. The van der Waals surface area contributed by atoms with E-state index in [1.54, 1.807) is 13.8 Å². The van der Waals surface area contributed by atoms with Crippen LogP contribution in [0.1, 0.15) is 31.1 Å². The molecule has 0 aliphatic heterocycles. The first-order valence-corrected chi connectivity index (χ1v) is 11.6. The standard InChI is InChI=1S/C20H23N3O4S2/c1-4-23(5-2)29(25,26)15-12-10-14(11-13-15)19(24)22-20-21-18-16(27-6-3)8-7-9-17(18)28-20/h7-13H,4-6H2,1-3H3,(H,21,22,24). The van der Waals surface area contributed by atoms with Crippen LogP contribution in [0.4, 0.5) is 5.13 Å². The maximum Gasteiger partial charge on any atom is 0.257 e. The smallest absolute Gasteiger partial charge is 0.257 e. The van der Waals surface area contributed by atoms with Crippen molar-refractivity contribution in [1.82, 2.24) is 9.29 Å². The lowest BCUT2D eigenvalue weighted by molar-refractivity contribution is 0.102. The topological polar surface area (TPSA) is 88.6 Å². The van der Waals surface area contributed by atoms with Crippen molar-refractivity contribution in [3.05, 3.63) is 48.0 Å². The lowest BCUT2D eigenvalue weighted by Gasteiger charge is -2.18. The number of benzene rings is 2. The van der Waals surface area contributed by atoms with Crippen LogP contribution in [0, 0.1) is 0 Å². The molecule has 9 heteroatoms. The lowest BCUT2D eigenvalue weighted by atomic mass is 10.2. The van der Waals surface area contributed by atoms with Gasteiger partial charge < -0.3 is 4.74 Å². The second-order valence-corrected chi connectivity index (χ2v) is 9.09. The van der Waals surface area contributed by atoms with Crippen LogP contribution < -0.4 is 10.1 Å². The van der Waals surface area contributed by atoms with Crippen LogP contribution in [0.3, 0.4) is 0 Å². The van der Waals surface area contributed by atoms with E-state index in [2.05, 4.69) is 10.3 Å². The Morgan fingerprint density at radius 2 is 1.79 bits per heavy atom. The molecule has 0 unspecified atom stereocenters. The number of rotatable bonds is 8. The van der Waals surface area contributed by atoms with E-state index in [-0.39, 0.29) is 10.8 Å². The number of amides is 1. The molecule has 0 bridgehead atoms. The summed E-state index contributed by atoms with van der Waals surface area (Å²) < 4.78 is 33.0. The molecule has 3 aromatic rings. The molecule has 0 aliphatic rings. The Morgan fingerprint density at radius 1 is 1.10 bits per heavy atom. The Kier molecular flexibility index (Phi) is 6.51. The second kappa shape index (κ2) is 8.89. The lowest BCUT2D eigenvalue weighted by Crippen LogP contribution is -2.30. The number of ether oxygens (including phenoxy) is 1. The first kappa shape index (κ1) is 21.2. The van der Waals surface area contributed by atoms with Crippen LogP contribution in [0.25, 0.3) is 10.2 Å². The Morgan fingerprint density at radius 3 is 2.41 bits per heavy atom. The van der Waals surface area contributed by atoms with Gasteiger partial charge in [-0.15, -0.1) is 0 Å². The van der Waals surface area contributed by atoms with E-state index in [1.807, 2.05) is 25.1 Å². The van der Waals surface area contributed by atoms with Crippen LogP contribution in [0.2, 0.25) is 0 Å². The number of thiazole rings is 1. The summed E-state index contributed by atoms with van der Waals surface area (Å²) in [6, 6.07) is 11.5. The summed E-state index contributed by atoms with van der Waals surface area (Å²) in [5, 5.41) is 3.23. The number of hydrogen-bond acceptors (Lipinski definition) is 6. The first-order valence-electron chi connectivity index (χ1n) is 9.34. The number of aromatic nitrogens is 1. The van der Waals surface area contributed by atoms with Crippen LogP contribution in [0.15, 0.2) is 47.4 Å². The van der Waals surface area contributed by atoms with Gasteiger partial charge in [0.05, 0.1) is 16.2 Å². The molecular formula is C20H23N3O4S2. The van der Waals surface area contributed by atoms with E-state index in [4.69, 9.17) is 4.74 Å². The van der Waals surface area contributed by atoms with Gasteiger partial charge in [0.2, 0.25) is 10.0 Å². The molecule has 0 fully saturated rings. The minimum Gasteiger partial charge on any atom is -0.492 e. The molecule has 0 radical (unpaired) electrons. The zero-order valence-corrected chi connectivity index (χ0v) is 18.1. The average Bonchev–Trinajstić information content (AvgIpc) is 3.12. The molecule has 0 saturated heterocycles. The van der Waals surface area contributed by atoms with Gasteiger partial charge in [-0.3, -0.25) is 10.1 Å². The fourth-order valence-electron chi connectivity index (χ4n) is 2.91. The van der Waals surface area contributed by atoms with Gasteiger partial charge in [0.1, 0.15) is 11.3 Å². The maximum absolute atomic E-state index is 12.6. The molecule has 7 nitrogen and oxygen atoms in total. The third-order valence-corrected chi connectivity index (χ3v) is 7.36. The number of para-hydroxylation sites is 1. The highest BCUT2D eigenvalue weighted by Crippen LogP contribution is 2.32. The van der Waals surface area contributed by atoms with E-state index in [0.29, 0.717) is 41.7 Å². The summed E-state index contributed by atoms with van der Waals surface area (Å²) >= 11 is 1.35. The van der Waals surface area contributed by atoms with Crippen molar-refractivity contribution in [2.24, 2.45) is 0 Å². The van der Waals surface area contributed by atoms with Crippen molar-refractivity contribution in [3.63, 3.8) is 0 Å². The number of sulfonamides is 1. The summed E-state index contributed by atoms with van der Waals surface area (Å²) in [5.74, 6) is 0.321. The van der Waals surface area contributed by atoms with Gasteiger partial charge in [0.15, 0.2) is 5.13 Å². The Bertz CT molecular complexity index is 1100. The normalized spacial score (nSPS) is 11.7. The quantitative estimate of drug-likeness (QED) is 0.580. The fraction of sp³-hybridized carbons (Fsp3) is 0.300. The van der Waals surface area contributed by atoms with Gasteiger partial charge in [0.25, 0.3) is 5.91 Å². The monoisotopic (exact) mass is 433 g/mol. The van der Waals surface area contributed by atoms with E-state index in [0.717, 1.165) is 4.70 Å². The maximum atomic E-state index is 12.6. The molecule has 0 aliphatic carbocycles. The molecule has 1 N–H and O–H groups in total. The molecule has 29 heavy (non-hydrogen) atoms. The van der Waals surface area contributed by atoms with Crippen molar-refractivity contribution in [3.8, 4) is 5.75 Å². The van der Waals surface area contributed by atoms with Crippen LogP contribution in [-0.4, -0.2) is 43.3 Å². The number of carbonyl (C=O) groups excluding carboxylic acids is 1. The summed E-state index contributed by atoms with van der Waals surface area (Å²) in [4.78, 5) is 17.2. The Labute approximate surface area is 174 Å². The van der Waals surface area contributed by atoms with Gasteiger partial charge in [-0.2, -0.15) is 4.31 Å². The number of fused-ring (bicyclic) bond motifs is 1. The van der Waals surface area contributed by atoms with Crippen molar-refractivity contribution < 1.29 is 17.9 Å². The summed E-state index contributed by atoms with van der Waals surface area (Å²) in [5.41, 5.74) is 1.06. The third kappa shape index (κ3) is 4.42. The van der Waals surface area contributed by atoms with Gasteiger partial charge in [-0.25, -0.2) is 13.4 Å². The summed E-state index contributed by atoms with van der Waals surface area (Å²) in [6.45, 7) is 6.79. The molecule has 1 aromatic heterocycles. The van der Waals surface area contributed by atoms with Crippen molar-refractivity contribution in [2.75, 3.05) is 25.0 Å². The van der Waals surface area contributed by atoms with Gasteiger partial charge in [-0.1, -0.05) is 31.3 Å². The highest BCUT2D eigenvalue weighted by Gasteiger charge is 2.22. The average molecular weight is 434 g/mol. The van der Waals surface area contributed by atoms with E-state index in [9.17, 15) is 13.2 Å². The highest BCUT2D eigenvalue weighted by atomic mass is 32.2. The van der Waals surface area contributed by atoms with E-state index in [1.165, 1.54) is 39.9 Å². The molecule has 0 saturated carbocycles. The minimum absolute atomic E-state index is 0.166. The van der Waals surface area contributed by atoms with E-state index >= 15 is 0 Å². The van der Waals surface area contributed by atoms with Crippen molar-refractivity contribution in [1.29, 1.82) is 0 Å². The van der Waals surface area contributed by atoms with Gasteiger partial charge >= 0.3 is 0 Å². The molecule has 3 rings (SSSR count). The minimum atomic E-state index is -3.55. The fourth-order valence-corrected chi connectivity index (χ4v) is 5.25. The summed E-state index contributed by atoms with van der Waals surface area (Å²) in [7, 11) is -3.55. The largest absolute Gasteiger partial charge is 0.492 e. The summed E-state index contributed by atoms with van der Waals surface area (Å²) in [6.07, 6.45) is 0. The predicted octanol–water partition coefficient (Wildman–Crippen LogP) is 3.98. The SMILES string of the molecule is CCOc1cccc2sc(NC(=O)c3ccc(S(=O)(=O)N(CC)CC)cc3)nc12. The van der Waals surface area contributed by atoms with E-state index < -0.39 is 10.0 Å². The number of anilines is 1. The number of nitrogens with zero attached hydrogens (tertiary/aromatic N) is 2. The molecule has 154 valence electrons. The van der Waals surface area contributed by atoms with Crippen LogP contribution in [-0.2, 0) is 10.0 Å². The van der Waals surface area contributed by atoms with Gasteiger partial charge in [0, 0.05) is 18.7 Å². The molecule has 2 aromatic carbocycles. The van der Waals surface area contributed by atoms with Crippen molar-refractivity contribution in [2.45, 2.75) is 25.7 Å². The number of hydrogen-bond donors (Lipinski definition) is 1. The molecule has 1 amide bonds. The van der Waals surface area contributed by atoms with Crippen LogP contribution >= 0.6 is 11.3 Å². The second-order valence-electron chi connectivity index (χ2n) is 6.12. The van der Waals surface area contributed by atoms with Crippen molar-refractivity contribution >= 4 is 42.6 Å². The number of nitrogens with one attached hydrogen (secondary N) is 1. The van der Waals surface area contributed by atoms with Gasteiger partial charge in [-0.05, 0) is 43.3 Å². The molecule has 1 heterocycles. The first-order chi connectivity index (χ1) is 13.9.